The minimum atomic E-state index is 0.841. The van der Waals surface area contributed by atoms with Crippen LogP contribution in [0.25, 0.3) is 0 Å². The zero-order chi connectivity index (χ0) is 8.39. The molecule has 1 saturated heterocycles. The maximum absolute atomic E-state index is 3.68. The standard InChI is InChI=1S/C10H19NS/c1-8-3-4-9-10(7-8)12-6-2-5-11-9/h8-11H,2-7H2,1H3. The minimum absolute atomic E-state index is 0.841. The number of hydrogen-bond acceptors (Lipinski definition) is 2. The lowest BCUT2D eigenvalue weighted by atomic mass is 9.87. The summed E-state index contributed by atoms with van der Waals surface area (Å²) in [6.07, 6.45) is 5.67. The average Bonchev–Trinajstić information content (AvgIpc) is 2.28. The van der Waals surface area contributed by atoms with Crippen molar-refractivity contribution >= 4 is 11.8 Å². The summed E-state index contributed by atoms with van der Waals surface area (Å²) < 4.78 is 0. The van der Waals surface area contributed by atoms with E-state index in [0.717, 1.165) is 17.2 Å². The molecule has 0 bridgehead atoms. The highest BCUT2D eigenvalue weighted by Crippen LogP contribution is 2.33. The Morgan fingerprint density at radius 2 is 2.25 bits per heavy atom. The summed E-state index contributed by atoms with van der Waals surface area (Å²) in [5.41, 5.74) is 0. The Hall–Kier alpha value is 0.310. The van der Waals surface area contributed by atoms with Crippen LogP contribution in [0.2, 0.25) is 0 Å². The van der Waals surface area contributed by atoms with Gasteiger partial charge < -0.3 is 5.32 Å². The summed E-state index contributed by atoms with van der Waals surface area (Å²) in [7, 11) is 0. The normalized spacial score (nSPS) is 43.2. The second-order valence-corrected chi connectivity index (χ2v) is 5.59. The fourth-order valence-electron chi connectivity index (χ4n) is 2.34. The molecule has 2 heteroatoms. The Labute approximate surface area is 79.7 Å². The van der Waals surface area contributed by atoms with Gasteiger partial charge in [0, 0.05) is 11.3 Å². The summed E-state index contributed by atoms with van der Waals surface area (Å²) in [5.74, 6) is 2.35. The predicted octanol–water partition coefficient (Wildman–Crippen LogP) is 2.27. The Kier molecular flexibility index (Phi) is 2.97. The van der Waals surface area contributed by atoms with E-state index in [2.05, 4.69) is 24.0 Å². The van der Waals surface area contributed by atoms with E-state index < -0.39 is 0 Å². The lowest BCUT2D eigenvalue weighted by Gasteiger charge is -2.33. The SMILES string of the molecule is CC1CCC2NCCCSC2C1. The molecule has 1 saturated carbocycles. The largest absolute Gasteiger partial charge is 0.313 e. The third kappa shape index (κ3) is 1.97. The van der Waals surface area contributed by atoms with Crippen LogP contribution in [0.1, 0.15) is 32.6 Å². The lowest BCUT2D eigenvalue weighted by Crippen LogP contribution is -2.41. The molecule has 12 heavy (non-hydrogen) atoms. The molecule has 1 N–H and O–H groups in total. The van der Waals surface area contributed by atoms with E-state index in [0.29, 0.717) is 0 Å². The van der Waals surface area contributed by atoms with Crippen molar-refractivity contribution in [2.75, 3.05) is 12.3 Å². The first-order valence-electron chi connectivity index (χ1n) is 5.21. The van der Waals surface area contributed by atoms with E-state index in [-0.39, 0.29) is 0 Å². The van der Waals surface area contributed by atoms with E-state index in [1.54, 1.807) is 0 Å². The van der Waals surface area contributed by atoms with Crippen LogP contribution in [-0.2, 0) is 0 Å². The van der Waals surface area contributed by atoms with Crippen molar-refractivity contribution in [1.29, 1.82) is 0 Å². The Morgan fingerprint density at radius 1 is 1.33 bits per heavy atom. The van der Waals surface area contributed by atoms with Crippen LogP contribution in [0, 0.1) is 5.92 Å². The first-order chi connectivity index (χ1) is 5.86. The molecular weight excluding hydrogens is 166 g/mol. The number of hydrogen-bond donors (Lipinski definition) is 1. The number of fused-ring (bicyclic) bond motifs is 1. The molecule has 1 heterocycles. The summed E-state index contributed by atoms with van der Waals surface area (Å²) in [4.78, 5) is 0. The third-order valence-electron chi connectivity index (χ3n) is 3.11. The van der Waals surface area contributed by atoms with Crippen molar-refractivity contribution < 1.29 is 0 Å². The highest BCUT2D eigenvalue weighted by atomic mass is 32.2. The van der Waals surface area contributed by atoms with Gasteiger partial charge in [-0.15, -0.1) is 0 Å². The van der Waals surface area contributed by atoms with Crippen LogP contribution in [-0.4, -0.2) is 23.6 Å². The van der Waals surface area contributed by atoms with Gasteiger partial charge in [0.15, 0.2) is 0 Å². The molecule has 1 aliphatic carbocycles. The summed E-state index contributed by atoms with van der Waals surface area (Å²) >= 11 is 2.21. The fraction of sp³-hybridized carbons (Fsp3) is 1.00. The quantitative estimate of drug-likeness (QED) is 0.621. The predicted molar refractivity (Wildman–Crippen MR) is 55.7 cm³/mol. The molecule has 0 amide bonds. The zero-order valence-corrected chi connectivity index (χ0v) is 8.70. The molecule has 2 fully saturated rings. The molecule has 2 aliphatic rings. The maximum atomic E-state index is 3.68. The first kappa shape index (κ1) is 8.89. The Bertz CT molecular complexity index is 149. The highest BCUT2D eigenvalue weighted by molar-refractivity contribution is 7.99. The van der Waals surface area contributed by atoms with Crippen LogP contribution >= 0.6 is 11.8 Å². The first-order valence-corrected chi connectivity index (χ1v) is 6.26. The van der Waals surface area contributed by atoms with Crippen molar-refractivity contribution in [3.8, 4) is 0 Å². The van der Waals surface area contributed by atoms with E-state index in [1.165, 1.54) is 38.0 Å². The summed E-state index contributed by atoms with van der Waals surface area (Å²) in [6.45, 7) is 3.66. The molecule has 1 nitrogen and oxygen atoms in total. The van der Waals surface area contributed by atoms with Crippen molar-refractivity contribution in [3.63, 3.8) is 0 Å². The van der Waals surface area contributed by atoms with E-state index in [4.69, 9.17) is 0 Å². The molecule has 0 radical (unpaired) electrons. The van der Waals surface area contributed by atoms with Crippen LogP contribution < -0.4 is 5.32 Å². The molecule has 1 aliphatic heterocycles. The Morgan fingerprint density at radius 3 is 3.17 bits per heavy atom. The summed E-state index contributed by atoms with van der Waals surface area (Å²) in [6, 6.07) is 0.841. The highest BCUT2D eigenvalue weighted by Gasteiger charge is 2.29. The van der Waals surface area contributed by atoms with Gasteiger partial charge in [0.25, 0.3) is 0 Å². The van der Waals surface area contributed by atoms with Crippen LogP contribution in [0.15, 0.2) is 0 Å². The monoisotopic (exact) mass is 185 g/mol. The van der Waals surface area contributed by atoms with Crippen molar-refractivity contribution in [2.45, 2.75) is 43.9 Å². The molecule has 2 rings (SSSR count). The van der Waals surface area contributed by atoms with E-state index in [9.17, 15) is 0 Å². The second-order valence-electron chi connectivity index (χ2n) is 4.24. The molecule has 0 aromatic carbocycles. The van der Waals surface area contributed by atoms with Gasteiger partial charge in [0.1, 0.15) is 0 Å². The number of thioether (sulfide) groups is 1. The van der Waals surface area contributed by atoms with Gasteiger partial charge in [-0.25, -0.2) is 0 Å². The maximum Gasteiger partial charge on any atom is 0.0203 e. The average molecular weight is 185 g/mol. The summed E-state index contributed by atoms with van der Waals surface area (Å²) in [5, 5.41) is 4.61. The number of nitrogens with one attached hydrogen (secondary N) is 1. The molecule has 0 aromatic heterocycles. The van der Waals surface area contributed by atoms with Gasteiger partial charge in [-0.3, -0.25) is 0 Å². The molecule has 0 aromatic rings. The minimum Gasteiger partial charge on any atom is -0.313 e. The molecule has 3 unspecified atom stereocenters. The van der Waals surface area contributed by atoms with Crippen molar-refractivity contribution in [2.24, 2.45) is 5.92 Å². The third-order valence-corrected chi connectivity index (χ3v) is 4.59. The lowest BCUT2D eigenvalue weighted by molar-refractivity contribution is 0.321. The number of rotatable bonds is 0. The van der Waals surface area contributed by atoms with Gasteiger partial charge in [-0.05, 0) is 43.9 Å². The van der Waals surface area contributed by atoms with Crippen LogP contribution in [0.5, 0.6) is 0 Å². The topological polar surface area (TPSA) is 12.0 Å². The molecular formula is C10H19NS. The van der Waals surface area contributed by atoms with E-state index >= 15 is 0 Å². The van der Waals surface area contributed by atoms with Gasteiger partial charge in [0.05, 0.1) is 0 Å². The van der Waals surface area contributed by atoms with Gasteiger partial charge in [-0.1, -0.05) is 6.92 Å². The van der Waals surface area contributed by atoms with Gasteiger partial charge >= 0.3 is 0 Å². The molecule has 70 valence electrons. The Balaban J connectivity index is 1.94. The van der Waals surface area contributed by atoms with Crippen LogP contribution in [0.3, 0.4) is 0 Å². The fourth-order valence-corrected chi connectivity index (χ4v) is 3.88. The molecule has 3 atom stereocenters. The van der Waals surface area contributed by atoms with Crippen molar-refractivity contribution in [1.82, 2.24) is 5.32 Å². The van der Waals surface area contributed by atoms with Gasteiger partial charge in [-0.2, -0.15) is 11.8 Å². The van der Waals surface area contributed by atoms with Crippen molar-refractivity contribution in [3.05, 3.63) is 0 Å². The van der Waals surface area contributed by atoms with Crippen LogP contribution in [0.4, 0.5) is 0 Å². The van der Waals surface area contributed by atoms with E-state index in [1.807, 2.05) is 0 Å². The zero-order valence-electron chi connectivity index (χ0n) is 7.88. The molecule has 0 spiro atoms. The second kappa shape index (κ2) is 4.01. The van der Waals surface area contributed by atoms with Gasteiger partial charge in [0.2, 0.25) is 0 Å². The smallest absolute Gasteiger partial charge is 0.0203 e.